The smallest absolute Gasteiger partial charge is 0.243 e. The number of nitrogens with two attached hydrogens (primary N) is 1. The highest BCUT2D eigenvalue weighted by molar-refractivity contribution is 9.10. The molecule has 1 amide bonds. The Balaban J connectivity index is 2.40. The summed E-state index contributed by atoms with van der Waals surface area (Å²) in [5.41, 5.74) is 6.37. The van der Waals surface area contributed by atoms with Gasteiger partial charge in [-0.05, 0) is 40.9 Å². The van der Waals surface area contributed by atoms with Crippen molar-refractivity contribution in [2.45, 2.75) is 18.9 Å². The van der Waals surface area contributed by atoms with Crippen molar-refractivity contribution in [2.75, 3.05) is 11.4 Å². The number of halogens is 3. The molecule has 0 radical (unpaired) electrons. The second-order valence-corrected chi connectivity index (χ2v) is 5.54. The maximum Gasteiger partial charge on any atom is 0.243 e. The molecule has 0 aliphatic carbocycles. The van der Waals surface area contributed by atoms with Crippen LogP contribution in [0, 0.1) is 0 Å². The van der Waals surface area contributed by atoms with Gasteiger partial charge in [-0.3, -0.25) is 4.79 Å². The lowest BCUT2D eigenvalue weighted by Crippen LogP contribution is -2.48. The van der Waals surface area contributed by atoms with E-state index < -0.39 is 6.04 Å². The maximum atomic E-state index is 12.0. The topological polar surface area (TPSA) is 46.3 Å². The minimum absolute atomic E-state index is 0.100. The largest absolute Gasteiger partial charge is 0.320 e. The van der Waals surface area contributed by atoms with Gasteiger partial charge in [0.25, 0.3) is 0 Å². The van der Waals surface area contributed by atoms with Gasteiger partial charge in [0.2, 0.25) is 5.91 Å². The van der Waals surface area contributed by atoms with Crippen LogP contribution in [0.15, 0.2) is 16.6 Å². The van der Waals surface area contributed by atoms with E-state index in [4.69, 9.17) is 28.9 Å². The summed E-state index contributed by atoms with van der Waals surface area (Å²) in [5.74, 6) is -0.100. The molecule has 1 aliphatic rings. The first-order chi connectivity index (χ1) is 8.02. The summed E-state index contributed by atoms with van der Waals surface area (Å²) in [6.45, 7) is 0.629. The standard InChI is InChI=1S/C11H11BrCl2N2O/c12-6-3-4-8(10(14)9(6)13)16-5-1-2-7(15)11(16)17/h3-4,7H,1-2,5,15H2. The van der Waals surface area contributed by atoms with Gasteiger partial charge in [-0.15, -0.1) is 0 Å². The summed E-state index contributed by atoms with van der Waals surface area (Å²) in [4.78, 5) is 13.6. The van der Waals surface area contributed by atoms with Crippen LogP contribution < -0.4 is 10.6 Å². The lowest BCUT2D eigenvalue weighted by Gasteiger charge is -2.31. The van der Waals surface area contributed by atoms with Crippen LogP contribution in [-0.2, 0) is 4.79 Å². The van der Waals surface area contributed by atoms with E-state index >= 15 is 0 Å². The summed E-state index contributed by atoms with van der Waals surface area (Å²) < 4.78 is 0.710. The first kappa shape index (κ1) is 13.1. The highest BCUT2D eigenvalue weighted by atomic mass is 79.9. The predicted octanol–water partition coefficient (Wildman–Crippen LogP) is 3.21. The summed E-state index contributed by atoms with van der Waals surface area (Å²) in [7, 11) is 0. The summed E-state index contributed by atoms with van der Waals surface area (Å²) in [6, 6.07) is 3.10. The van der Waals surface area contributed by atoms with E-state index in [1.807, 2.05) is 0 Å². The molecule has 1 fully saturated rings. The molecule has 1 heterocycles. The highest BCUT2D eigenvalue weighted by Gasteiger charge is 2.28. The summed E-state index contributed by atoms with van der Waals surface area (Å²) in [6.07, 6.45) is 1.59. The lowest BCUT2D eigenvalue weighted by atomic mass is 10.0. The van der Waals surface area contributed by atoms with Crippen molar-refractivity contribution in [1.29, 1.82) is 0 Å². The van der Waals surface area contributed by atoms with Gasteiger partial charge in [0, 0.05) is 11.0 Å². The van der Waals surface area contributed by atoms with Gasteiger partial charge in [0.1, 0.15) is 0 Å². The van der Waals surface area contributed by atoms with E-state index in [9.17, 15) is 4.79 Å². The first-order valence-electron chi connectivity index (χ1n) is 5.23. The molecule has 1 aromatic rings. The third-order valence-corrected chi connectivity index (χ3v) is 4.55. The van der Waals surface area contributed by atoms with Crippen LogP contribution in [0.5, 0.6) is 0 Å². The fourth-order valence-electron chi connectivity index (χ4n) is 1.87. The van der Waals surface area contributed by atoms with Crippen LogP contribution in [0.4, 0.5) is 5.69 Å². The van der Waals surface area contributed by atoms with Gasteiger partial charge in [0.05, 0.1) is 21.8 Å². The molecule has 92 valence electrons. The average Bonchev–Trinajstić information content (AvgIpc) is 2.31. The molecule has 1 saturated heterocycles. The van der Waals surface area contributed by atoms with Crippen molar-refractivity contribution in [1.82, 2.24) is 0 Å². The van der Waals surface area contributed by atoms with E-state index in [0.717, 1.165) is 12.8 Å². The van der Waals surface area contributed by atoms with E-state index in [1.165, 1.54) is 0 Å². The summed E-state index contributed by atoms with van der Waals surface area (Å²) in [5, 5.41) is 0.791. The fourth-order valence-corrected chi connectivity index (χ4v) is 2.74. The lowest BCUT2D eigenvalue weighted by molar-refractivity contribution is -0.120. The molecule has 2 rings (SSSR count). The minimum Gasteiger partial charge on any atom is -0.320 e. The number of amides is 1. The number of benzene rings is 1. The van der Waals surface area contributed by atoms with Crippen LogP contribution in [-0.4, -0.2) is 18.5 Å². The third-order valence-electron chi connectivity index (χ3n) is 2.79. The normalized spacial score (nSPS) is 20.8. The van der Waals surface area contributed by atoms with Gasteiger partial charge in [-0.2, -0.15) is 0 Å². The Kier molecular flexibility index (Phi) is 3.98. The Morgan fingerprint density at radius 1 is 1.35 bits per heavy atom. The molecule has 0 spiro atoms. The number of carbonyl (C=O) groups is 1. The Morgan fingerprint density at radius 2 is 2.06 bits per heavy atom. The van der Waals surface area contributed by atoms with Gasteiger partial charge in [0.15, 0.2) is 0 Å². The number of hydrogen-bond donors (Lipinski definition) is 1. The van der Waals surface area contributed by atoms with Gasteiger partial charge < -0.3 is 10.6 Å². The molecule has 17 heavy (non-hydrogen) atoms. The fraction of sp³-hybridized carbons (Fsp3) is 0.364. The van der Waals surface area contributed by atoms with Gasteiger partial charge >= 0.3 is 0 Å². The molecule has 0 saturated carbocycles. The molecule has 0 aromatic heterocycles. The number of piperidine rings is 1. The number of carbonyl (C=O) groups excluding carboxylic acids is 1. The zero-order valence-electron chi connectivity index (χ0n) is 8.92. The van der Waals surface area contributed by atoms with E-state index in [1.54, 1.807) is 17.0 Å². The van der Waals surface area contributed by atoms with Crippen LogP contribution in [0.3, 0.4) is 0 Å². The number of anilines is 1. The molecule has 1 aliphatic heterocycles. The molecular formula is C11H11BrCl2N2O. The second-order valence-electron chi connectivity index (χ2n) is 3.93. The Morgan fingerprint density at radius 3 is 2.76 bits per heavy atom. The van der Waals surface area contributed by atoms with E-state index in [2.05, 4.69) is 15.9 Å². The SMILES string of the molecule is NC1CCCN(c2ccc(Br)c(Cl)c2Cl)C1=O. The minimum atomic E-state index is -0.442. The number of rotatable bonds is 1. The van der Waals surface area contributed by atoms with Crippen molar-refractivity contribution < 1.29 is 4.79 Å². The van der Waals surface area contributed by atoms with Crippen LogP contribution in [0.2, 0.25) is 10.0 Å². The predicted molar refractivity (Wildman–Crippen MR) is 73.7 cm³/mol. The van der Waals surface area contributed by atoms with Crippen molar-refractivity contribution in [2.24, 2.45) is 5.73 Å². The molecule has 6 heteroatoms. The van der Waals surface area contributed by atoms with Crippen molar-refractivity contribution in [3.63, 3.8) is 0 Å². The molecular weight excluding hydrogens is 327 g/mol. The Labute approximate surface area is 118 Å². The Bertz CT molecular complexity index is 467. The molecule has 1 atom stereocenters. The second kappa shape index (κ2) is 5.14. The number of hydrogen-bond acceptors (Lipinski definition) is 2. The maximum absolute atomic E-state index is 12.0. The van der Waals surface area contributed by atoms with E-state index in [-0.39, 0.29) is 5.91 Å². The van der Waals surface area contributed by atoms with Crippen molar-refractivity contribution >= 4 is 50.7 Å². The molecule has 3 nitrogen and oxygen atoms in total. The van der Waals surface area contributed by atoms with Gasteiger partial charge in [-0.25, -0.2) is 0 Å². The highest BCUT2D eigenvalue weighted by Crippen LogP contribution is 2.38. The summed E-state index contributed by atoms with van der Waals surface area (Å²) >= 11 is 15.5. The number of nitrogens with zero attached hydrogens (tertiary/aromatic N) is 1. The van der Waals surface area contributed by atoms with Crippen LogP contribution in [0.25, 0.3) is 0 Å². The molecule has 1 unspecified atom stereocenters. The molecule has 1 aromatic carbocycles. The van der Waals surface area contributed by atoms with Crippen LogP contribution in [0.1, 0.15) is 12.8 Å². The molecule has 0 bridgehead atoms. The Hall–Kier alpha value is -0.290. The monoisotopic (exact) mass is 336 g/mol. The molecule has 2 N–H and O–H groups in total. The zero-order valence-corrected chi connectivity index (χ0v) is 12.0. The van der Waals surface area contributed by atoms with Crippen LogP contribution >= 0.6 is 39.1 Å². The van der Waals surface area contributed by atoms with Crippen molar-refractivity contribution in [3.05, 3.63) is 26.7 Å². The zero-order chi connectivity index (χ0) is 12.6. The van der Waals surface area contributed by atoms with Gasteiger partial charge in [-0.1, -0.05) is 23.2 Å². The quantitative estimate of drug-likeness (QED) is 0.800. The van der Waals surface area contributed by atoms with Crippen molar-refractivity contribution in [3.8, 4) is 0 Å². The van der Waals surface area contributed by atoms with E-state index in [0.29, 0.717) is 26.8 Å². The average molecular weight is 338 g/mol. The third kappa shape index (κ3) is 2.45. The first-order valence-corrected chi connectivity index (χ1v) is 6.77.